The molecule has 0 aliphatic heterocycles. The van der Waals surface area contributed by atoms with Crippen molar-refractivity contribution >= 4 is 28.2 Å². The fourth-order valence-electron chi connectivity index (χ4n) is 3.40. The summed E-state index contributed by atoms with van der Waals surface area (Å²) in [7, 11) is 5.56. The molecule has 2 aromatic heterocycles. The third kappa shape index (κ3) is 2.82. The molecule has 0 bridgehead atoms. The fraction of sp³-hybridized carbons (Fsp3) is 0.143. The molecule has 0 fully saturated rings. The number of halogens is 1. The van der Waals surface area contributed by atoms with Gasteiger partial charge in [-0.15, -0.1) is 0 Å². The second-order valence-electron chi connectivity index (χ2n) is 6.82. The number of H-pyrrole nitrogens is 1. The summed E-state index contributed by atoms with van der Waals surface area (Å²) in [5, 5.41) is 3.75. The van der Waals surface area contributed by atoms with Crippen molar-refractivity contribution < 1.29 is 0 Å². The molecule has 0 aliphatic rings. The monoisotopic (exact) mass is 394 g/mol. The minimum absolute atomic E-state index is 0.211. The zero-order chi connectivity index (χ0) is 20.0. The van der Waals surface area contributed by atoms with Gasteiger partial charge in [0.15, 0.2) is 0 Å². The number of aromatic nitrogens is 3. The van der Waals surface area contributed by atoms with Crippen molar-refractivity contribution in [3.63, 3.8) is 0 Å². The zero-order valence-corrected chi connectivity index (χ0v) is 16.5. The largest absolute Gasteiger partial charge is 0.378 e. The SMILES string of the molecule is CN(C)c1cccc(-c2c3c(=O)[nH]n(-c4ccccc4Cl)c3cc(=O)n2C)c1. The van der Waals surface area contributed by atoms with E-state index < -0.39 is 0 Å². The smallest absolute Gasteiger partial charge is 0.274 e. The molecule has 1 N–H and O–H groups in total. The van der Waals surface area contributed by atoms with Crippen LogP contribution in [0.15, 0.2) is 64.2 Å². The number of aromatic amines is 1. The van der Waals surface area contributed by atoms with Gasteiger partial charge in [-0.2, -0.15) is 0 Å². The first-order chi connectivity index (χ1) is 13.4. The Hall–Kier alpha value is -3.25. The number of benzene rings is 2. The highest BCUT2D eigenvalue weighted by atomic mass is 35.5. The van der Waals surface area contributed by atoms with Crippen LogP contribution in [0.2, 0.25) is 5.02 Å². The van der Waals surface area contributed by atoms with Crippen molar-refractivity contribution in [2.24, 2.45) is 7.05 Å². The van der Waals surface area contributed by atoms with Crippen LogP contribution in [-0.4, -0.2) is 28.4 Å². The average molecular weight is 395 g/mol. The molecule has 4 rings (SSSR count). The molecule has 0 saturated carbocycles. The molecule has 4 aromatic rings. The number of nitrogens with zero attached hydrogens (tertiary/aromatic N) is 3. The Morgan fingerprint density at radius 2 is 1.75 bits per heavy atom. The molecule has 0 unspecified atom stereocenters. The summed E-state index contributed by atoms with van der Waals surface area (Å²) in [6.07, 6.45) is 0. The molecule has 2 aromatic carbocycles. The van der Waals surface area contributed by atoms with Crippen LogP contribution in [-0.2, 0) is 7.05 Å². The number of rotatable bonds is 3. The first-order valence-corrected chi connectivity index (χ1v) is 9.13. The van der Waals surface area contributed by atoms with Crippen molar-refractivity contribution in [3.05, 3.63) is 80.3 Å². The molecule has 0 saturated heterocycles. The van der Waals surface area contributed by atoms with Crippen LogP contribution in [0.4, 0.5) is 5.69 Å². The highest BCUT2D eigenvalue weighted by molar-refractivity contribution is 6.32. The molecule has 0 amide bonds. The first-order valence-electron chi connectivity index (χ1n) is 8.76. The number of anilines is 1. The quantitative estimate of drug-likeness (QED) is 0.579. The van der Waals surface area contributed by atoms with Crippen LogP contribution in [0.25, 0.3) is 27.8 Å². The summed E-state index contributed by atoms with van der Waals surface area (Å²) < 4.78 is 3.07. The van der Waals surface area contributed by atoms with Crippen LogP contribution < -0.4 is 16.0 Å². The predicted octanol–water partition coefficient (Wildman–Crippen LogP) is 3.40. The van der Waals surface area contributed by atoms with E-state index in [9.17, 15) is 9.59 Å². The minimum atomic E-state index is -0.282. The van der Waals surface area contributed by atoms with Gasteiger partial charge in [0.2, 0.25) is 0 Å². The van der Waals surface area contributed by atoms with Gasteiger partial charge in [0, 0.05) is 38.5 Å². The summed E-state index contributed by atoms with van der Waals surface area (Å²) in [6.45, 7) is 0. The van der Waals surface area contributed by atoms with Crippen molar-refractivity contribution in [2.45, 2.75) is 0 Å². The lowest BCUT2D eigenvalue weighted by molar-refractivity contribution is 0.871. The molecule has 0 radical (unpaired) electrons. The van der Waals surface area contributed by atoms with Gasteiger partial charge in [0.25, 0.3) is 11.1 Å². The van der Waals surface area contributed by atoms with Gasteiger partial charge in [-0.3, -0.25) is 19.4 Å². The van der Waals surface area contributed by atoms with Crippen molar-refractivity contribution in [1.82, 2.24) is 14.3 Å². The number of nitrogens with one attached hydrogen (secondary N) is 1. The van der Waals surface area contributed by atoms with Crippen LogP contribution >= 0.6 is 11.6 Å². The lowest BCUT2D eigenvalue weighted by Gasteiger charge is -2.15. The van der Waals surface area contributed by atoms with Crippen molar-refractivity contribution in [1.29, 1.82) is 0 Å². The number of fused-ring (bicyclic) bond motifs is 1. The second-order valence-corrected chi connectivity index (χ2v) is 7.23. The van der Waals surface area contributed by atoms with Gasteiger partial charge in [-0.1, -0.05) is 35.9 Å². The fourth-order valence-corrected chi connectivity index (χ4v) is 3.62. The molecule has 0 aliphatic carbocycles. The van der Waals surface area contributed by atoms with Crippen molar-refractivity contribution in [2.75, 3.05) is 19.0 Å². The van der Waals surface area contributed by atoms with Gasteiger partial charge in [-0.25, -0.2) is 0 Å². The number of pyridine rings is 1. The number of para-hydroxylation sites is 1. The molecule has 0 atom stereocenters. The summed E-state index contributed by atoms with van der Waals surface area (Å²) >= 11 is 6.32. The Labute approximate surface area is 166 Å². The molecule has 6 nitrogen and oxygen atoms in total. The third-order valence-electron chi connectivity index (χ3n) is 4.83. The van der Waals surface area contributed by atoms with E-state index in [1.54, 1.807) is 23.9 Å². The van der Waals surface area contributed by atoms with E-state index in [0.717, 1.165) is 11.3 Å². The Morgan fingerprint density at radius 1 is 1.00 bits per heavy atom. The summed E-state index contributed by atoms with van der Waals surface area (Å²) in [5.41, 5.74) is 2.94. The lowest BCUT2D eigenvalue weighted by atomic mass is 10.1. The Morgan fingerprint density at radius 3 is 2.46 bits per heavy atom. The van der Waals surface area contributed by atoms with Crippen molar-refractivity contribution in [3.8, 4) is 16.9 Å². The Kier molecular flexibility index (Phi) is 4.35. The van der Waals surface area contributed by atoms with Crippen LogP contribution in [0.5, 0.6) is 0 Å². The Balaban J connectivity index is 2.10. The minimum Gasteiger partial charge on any atom is -0.378 e. The second kappa shape index (κ2) is 6.73. The summed E-state index contributed by atoms with van der Waals surface area (Å²) in [4.78, 5) is 27.6. The third-order valence-corrected chi connectivity index (χ3v) is 5.15. The summed E-state index contributed by atoms with van der Waals surface area (Å²) in [5.74, 6) is 0. The van der Waals surface area contributed by atoms with Crippen LogP contribution in [0.3, 0.4) is 0 Å². The van der Waals surface area contributed by atoms with Gasteiger partial charge < -0.3 is 9.47 Å². The number of hydrogen-bond acceptors (Lipinski definition) is 3. The molecule has 7 heteroatoms. The zero-order valence-electron chi connectivity index (χ0n) is 15.7. The van der Waals surface area contributed by atoms with Crippen LogP contribution in [0, 0.1) is 0 Å². The van der Waals surface area contributed by atoms with Crippen LogP contribution in [0.1, 0.15) is 0 Å². The van der Waals surface area contributed by atoms with E-state index in [4.69, 9.17) is 11.6 Å². The van der Waals surface area contributed by atoms with E-state index in [1.807, 2.05) is 55.4 Å². The van der Waals surface area contributed by atoms with E-state index in [2.05, 4.69) is 5.10 Å². The van der Waals surface area contributed by atoms with E-state index in [0.29, 0.717) is 27.3 Å². The average Bonchev–Trinajstić information content (AvgIpc) is 2.99. The molecule has 0 spiro atoms. The highest BCUT2D eigenvalue weighted by Crippen LogP contribution is 2.29. The highest BCUT2D eigenvalue weighted by Gasteiger charge is 2.19. The maximum absolute atomic E-state index is 12.9. The lowest BCUT2D eigenvalue weighted by Crippen LogP contribution is -2.19. The van der Waals surface area contributed by atoms with E-state index >= 15 is 0 Å². The molecule has 28 heavy (non-hydrogen) atoms. The van der Waals surface area contributed by atoms with Gasteiger partial charge in [0.1, 0.15) is 0 Å². The van der Waals surface area contributed by atoms with E-state index in [-0.39, 0.29) is 11.1 Å². The predicted molar refractivity (Wildman–Crippen MR) is 114 cm³/mol. The normalized spacial score (nSPS) is 11.1. The van der Waals surface area contributed by atoms with Gasteiger partial charge in [0.05, 0.1) is 27.3 Å². The number of hydrogen-bond donors (Lipinski definition) is 1. The Bertz CT molecular complexity index is 1310. The van der Waals surface area contributed by atoms with E-state index in [1.165, 1.54) is 10.6 Å². The first kappa shape index (κ1) is 18.1. The van der Waals surface area contributed by atoms with Gasteiger partial charge in [-0.05, 0) is 24.3 Å². The molecular formula is C21H19ClN4O2. The van der Waals surface area contributed by atoms with Gasteiger partial charge >= 0.3 is 0 Å². The standard InChI is InChI=1S/C21H19ClN4O2/c1-24(2)14-8-6-7-13(11-14)20-19-17(12-18(27)25(20)3)26(23-21(19)28)16-10-5-4-9-15(16)22/h4-12H,1-3H3,(H,23,28). The topological polar surface area (TPSA) is 63.0 Å². The molecule has 142 valence electrons. The maximum atomic E-state index is 12.9. The summed E-state index contributed by atoms with van der Waals surface area (Å²) in [6, 6.07) is 16.4. The maximum Gasteiger partial charge on any atom is 0.274 e. The molecular weight excluding hydrogens is 376 g/mol. The molecule has 2 heterocycles.